The molecule has 1 saturated carbocycles. The second-order valence-electron chi connectivity index (χ2n) is 6.48. The Labute approximate surface area is 131 Å². The van der Waals surface area contributed by atoms with Crippen molar-refractivity contribution in [2.45, 2.75) is 32.1 Å². The lowest BCUT2D eigenvalue weighted by atomic mass is 9.76. The highest BCUT2D eigenvalue weighted by atomic mass is 16.2. The summed E-state index contributed by atoms with van der Waals surface area (Å²) < 4.78 is 0. The number of likely N-dealkylation sites (tertiary alicyclic amines) is 1. The maximum absolute atomic E-state index is 12.5. The van der Waals surface area contributed by atoms with E-state index in [1.807, 2.05) is 23.1 Å². The molecule has 5 heteroatoms. The van der Waals surface area contributed by atoms with Gasteiger partial charge < -0.3 is 10.2 Å². The summed E-state index contributed by atoms with van der Waals surface area (Å²) in [5.74, 6) is 0.319. The van der Waals surface area contributed by atoms with Crippen molar-refractivity contribution in [3.05, 3.63) is 30.1 Å². The van der Waals surface area contributed by atoms with Crippen LogP contribution in [0.5, 0.6) is 0 Å². The largest absolute Gasteiger partial charge is 0.359 e. The molecule has 0 bridgehead atoms. The fraction of sp³-hybridized carbons (Fsp3) is 0.588. The zero-order valence-electron chi connectivity index (χ0n) is 13.0. The summed E-state index contributed by atoms with van der Waals surface area (Å²) in [6.07, 6.45) is 6.09. The van der Waals surface area contributed by atoms with Crippen LogP contribution < -0.4 is 5.32 Å². The number of hydrogen-bond acceptors (Lipinski definition) is 3. The lowest BCUT2D eigenvalue weighted by Crippen LogP contribution is -2.40. The Morgan fingerprint density at radius 3 is 3.00 bits per heavy atom. The van der Waals surface area contributed by atoms with Crippen LogP contribution in [0.4, 0.5) is 0 Å². The molecule has 0 radical (unpaired) electrons. The van der Waals surface area contributed by atoms with Gasteiger partial charge in [-0.25, -0.2) is 0 Å². The van der Waals surface area contributed by atoms with Crippen molar-refractivity contribution in [2.24, 2.45) is 11.3 Å². The van der Waals surface area contributed by atoms with Crippen LogP contribution in [0.3, 0.4) is 0 Å². The van der Waals surface area contributed by atoms with E-state index in [0.29, 0.717) is 6.42 Å². The number of rotatable bonds is 3. The maximum atomic E-state index is 12.5. The number of nitrogens with zero attached hydrogens (tertiary/aromatic N) is 2. The minimum atomic E-state index is -0.000129. The summed E-state index contributed by atoms with van der Waals surface area (Å²) in [7, 11) is 1.70. The Hall–Kier alpha value is -1.91. The van der Waals surface area contributed by atoms with Gasteiger partial charge in [0, 0.05) is 43.4 Å². The van der Waals surface area contributed by atoms with Crippen LogP contribution in [0.15, 0.2) is 24.4 Å². The molecule has 1 aromatic rings. The van der Waals surface area contributed by atoms with Crippen molar-refractivity contribution in [2.75, 3.05) is 20.1 Å². The molecule has 2 amide bonds. The molecule has 22 heavy (non-hydrogen) atoms. The Morgan fingerprint density at radius 2 is 2.27 bits per heavy atom. The van der Waals surface area contributed by atoms with Crippen molar-refractivity contribution in [1.82, 2.24) is 15.2 Å². The number of hydrogen-bond donors (Lipinski definition) is 1. The third-order valence-corrected chi connectivity index (χ3v) is 5.27. The first-order chi connectivity index (χ1) is 10.6. The van der Waals surface area contributed by atoms with E-state index in [9.17, 15) is 9.59 Å². The second-order valence-corrected chi connectivity index (χ2v) is 6.48. The van der Waals surface area contributed by atoms with Crippen LogP contribution in [-0.4, -0.2) is 41.8 Å². The Bertz CT molecular complexity index is 560. The molecule has 2 heterocycles. The standard InChI is InChI=1S/C17H23N3O2/c1-18-16(22)14-6-4-7-17(14)8-10-20(12-17)15(21)11-13-5-2-3-9-19-13/h2-3,5,9,14H,4,6-8,10-12H2,1H3,(H,18,22)/t14-,17-/m1/s1. The van der Waals surface area contributed by atoms with Crippen molar-refractivity contribution in [3.63, 3.8) is 0 Å². The molecule has 1 saturated heterocycles. The number of nitrogens with one attached hydrogen (secondary N) is 1. The highest BCUT2D eigenvalue weighted by Crippen LogP contribution is 2.49. The monoisotopic (exact) mass is 301 g/mol. The molecule has 118 valence electrons. The average molecular weight is 301 g/mol. The minimum absolute atomic E-state index is 0.000129. The van der Waals surface area contributed by atoms with Gasteiger partial charge in [-0.2, -0.15) is 0 Å². The summed E-state index contributed by atoms with van der Waals surface area (Å²) in [6, 6.07) is 5.64. The number of carbonyl (C=O) groups is 2. The van der Waals surface area contributed by atoms with E-state index < -0.39 is 0 Å². The summed E-state index contributed by atoms with van der Waals surface area (Å²) in [4.78, 5) is 30.8. The zero-order valence-corrected chi connectivity index (χ0v) is 13.0. The van der Waals surface area contributed by atoms with E-state index in [2.05, 4.69) is 10.3 Å². The molecule has 0 aromatic carbocycles. The van der Waals surface area contributed by atoms with E-state index in [1.54, 1.807) is 13.2 Å². The molecule has 2 aliphatic rings. The molecule has 0 unspecified atom stereocenters. The van der Waals surface area contributed by atoms with Gasteiger partial charge in [0.15, 0.2) is 0 Å². The lowest BCUT2D eigenvalue weighted by Gasteiger charge is -2.30. The number of aromatic nitrogens is 1. The topological polar surface area (TPSA) is 62.3 Å². The first-order valence-electron chi connectivity index (χ1n) is 8.04. The maximum Gasteiger partial charge on any atom is 0.228 e. The Kier molecular flexibility index (Phi) is 4.14. The predicted molar refractivity (Wildman–Crippen MR) is 83.0 cm³/mol. The normalized spacial score (nSPS) is 27.3. The van der Waals surface area contributed by atoms with Gasteiger partial charge in [-0.15, -0.1) is 0 Å². The average Bonchev–Trinajstić information content (AvgIpc) is 3.15. The Balaban J connectivity index is 1.66. The van der Waals surface area contributed by atoms with Gasteiger partial charge in [0.2, 0.25) is 11.8 Å². The van der Waals surface area contributed by atoms with Crippen LogP contribution in [0.25, 0.3) is 0 Å². The van der Waals surface area contributed by atoms with Crippen LogP contribution in [0, 0.1) is 11.3 Å². The van der Waals surface area contributed by atoms with E-state index in [-0.39, 0.29) is 23.1 Å². The first-order valence-corrected chi connectivity index (χ1v) is 8.04. The van der Waals surface area contributed by atoms with Crippen LogP contribution in [-0.2, 0) is 16.0 Å². The SMILES string of the molecule is CNC(=O)[C@H]1CCC[C@]12CCN(C(=O)Cc1ccccn1)C2. The van der Waals surface area contributed by atoms with Gasteiger partial charge in [0.05, 0.1) is 6.42 Å². The van der Waals surface area contributed by atoms with Gasteiger partial charge in [0.25, 0.3) is 0 Å². The first kappa shape index (κ1) is 15.0. The molecule has 1 spiro atoms. The van der Waals surface area contributed by atoms with E-state index in [1.165, 1.54) is 0 Å². The van der Waals surface area contributed by atoms with Crippen LogP contribution in [0.2, 0.25) is 0 Å². The van der Waals surface area contributed by atoms with Gasteiger partial charge >= 0.3 is 0 Å². The smallest absolute Gasteiger partial charge is 0.228 e. The molecule has 2 fully saturated rings. The lowest BCUT2D eigenvalue weighted by molar-refractivity contribution is -0.132. The highest BCUT2D eigenvalue weighted by molar-refractivity contribution is 5.81. The summed E-state index contributed by atoms with van der Waals surface area (Å²) in [6.45, 7) is 1.48. The van der Waals surface area contributed by atoms with Gasteiger partial charge in [-0.3, -0.25) is 14.6 Å². The predicted octanol–water partition coefficient (Wildman–Crippen LogP) is 1.39. The summed E-state index contributed by atoms with van der Waals surface area (Å²) in [5.41, 5.74) is 0.808. The second kappa shape index (κ2) is 6.07. The van der Waals surface area contributed by atoms with Crippen molar-refractivity contribution < 1.29 is 9.59 Å². The number of carbonyl (C=O) groups excluding carboxylic acids is 2. The third-order valence-electron chi connectivity index (χ3n) is 5.27. The highest BCUT2D eigenvalue weighted by Gasteiger charge is 2.50. The molecule has 3 rings (SSSR count). The fourth-order valence-electron chi connectivity index (χ4n) is 4.09. The Morgan fingerprint density at radius 1 is 1.41 bits per heavy atom. The van der Waals surface area contributed by atoms with E-state index in [0.717, 1.165) is 44.5 Å². The number of pyridine rings is 1. The molecule has 1 N–H and O–H groups in total. The van der Waals surface area contributed by atoms with Crippen molar-refractivity contribution in [1.29, 1.82) is 0 Å². The molecule has 5 nitrogen and oxygen atoms in total. The van der Waals surface area contributed by atoms with Gasteiger partial charge in [-0.1, -0.05) is 12.5 Å². The summed E-state index contributed by atoms with van der Waals surface area (Å²) >= 11 is 0. The van der Waals surface area contributed by atoms with Gasteiger partial charge in [-0.05, 0) is 31.4 Å². The van der Waals surface area contributed by atoms with Crippen LogP contribution >= 0.6 is 0 Å². The molecular formula is C17H23N3O2. The molecule has 2 atom stereocenters. The van der Waals surface area contributed by atoms with Crippen LogP contribution in [0.1, 0.15) is 31.4 Å². The zero-order chi connectivity index (χ0) is 15.6. The van der Waals surface area contributed by atoms with Crippen molar-refractivity contribution in [3.8, 4) is 0 Å². The summed E-state index contributed by atoms with van der Waals surface area (Å²) in [5, 5.41) is 2.79. The molecule has 1 aromatic heterocycles. The van der Waals surface area contributed by atoms with E-state index in [4.69, 9.17) is 0 Å². The van der Waals surface area contributed by atoms with Crippen molar-refractivity contribution >= 4 is 11.8 Å². The molecule has 1 aliphatic carbocycles. The minimum Gasteiger partial charge on any atom is -0.359 e. The fourth-order valence-corrected chi connectivity index (χ4v) is 4.09. The molecule has 1 aliphatic heterocycles. The number of amides is 2. The third kappa shape index (κ3) is 2.72. The quantitative estimate of drug-likeness (QED) is 0.917. The van der Waals surface area contributed by atoms with Gasteiger partial charge in [0.1, 0.15) is 0 Å². The van der Waals surface area contributed by atoms with E-state index >= 15 is 0 Å². The molecular weight excluding hydrogens is 278 g/mol.